The molecule has 0 aromatic heterocycles. The van der Waals surface area contributed by atoms with Crippen LogP contribution in [0.2, 0.25) is 0 Å². The lowest BCUT2D eigenvalue weighted by molar-refractivity contribution is -0.127. The lowest BCUT2D eigenvalue weighted by atomic mass is 10.1. The highest BCUT2D eigenvalue weighted by Crippen LogP contribution is 2.16. The van der Waals surface area contributed by atoms with Gasteiger partial charge >= 0.3 is 0 Å². The van der Waals surface area contributed by atoms with Gasteiger partial charge in [0.15, 0.2) is 5.96 Å². The summed E-state index contributed by atoms with van der Waals surface area (Å²) in [5.41, 5.74) is 0.681. The molecule has 1 atom stereocenters. The number of rotatable bonds is 7. The molecular formula is C19H29FN4O3. The van der Waals surface area contributed by atoms with Crippen LogP contribution in [0.15, 0.2) is 23.2 Å². The molecule has 150 valence electrons. The fraction of sp³-hybridized carbons (Fsp3) is 0.579. The van der Waals surface area contributed by atoms with Gasteiger partial charge in [0.25, 0.3) is 0 Å². The van der Waals surface area contributed by atoms with Crippen molar-refractivity contribution in [2.45, 2.75) is 31.9 Å². The Morgan fingerprint density at radius 3 is 2.81 bits per heavy atom. The normalized spacial score (nSPS) is 17.3. The van der Waals surface area contributed by atoms with Crippen molar-refractivity contribution in [3.05, 3.63) is 29.6 Å². The predicted molar refractivity (Wildman–Crippen MR) is 102 cm³/mol. The number of benzene rings is 1. The van der Waals surface area contributed by atoms with E-state index < -0.39 is 0 Å². The van der Waals surface area contributed by atoms with Crippen LogP contribution in [0.4, 0.5) is 4.39 Å². The summed E-state index contributed by atoms with van der Waals surface area (Å²) in [6.07, 6.45) is 3.37. The molecule has 1 heterocycles. The van der Waals surface area contributed by atoms with E-state index in [0.29, 0.717) is 23.8 Å². The maximum absolute atomic E-state index is 13.6. The van der Waals surface area contributed by atoms with Gasteiger partial charge in [-0.2, -0.15) is 0 Å². The Morgan fingerprint density at radius 2 is 2.15 bits per heavy atom. The zero-order valence-corrected chi connectivity index (χ0v) is 16.3. The van der Waals surface area contributed by atoms with Crippen molar-refractivity contribution >= 4 is 11.9 Å². The number of methoxy groups -OCH3 is 1. The van der Waals surface area contributed by atoms with Crippen LogP contribution in [-0.2, 0) is 16.1 Å². The number of ether oxygens (including phenoxy) is 2. The fourth-order valence-electron chi connectivity index (χ4n) is 2.67. The number of halogens is 1. The van der Waals surface area contributed by atoms with E-state index in [4.69, 9.17) is 9.47 Å². The third-order valence-corrected chi connectivity index (χ3v) is 4.26. The van der Waals surface area contributed by atoms with Crippen LogP contribution in [-0.4, -0.2) is 63.8 Å². The van der Waals surface area contributed by atoms with Gasteiger partial charge in [-0.25, -0.2) is 9.38 Å². The van der Waals surface area contributed by atoms with Crippen LogP contribution in [0.1, 0.15) is 24.8 Å². The molecular weight excluding hydrogens is 351 g/mol. The minimum Gasteiger partial charge on any atom is -0.497 e. The first-order chi connectivity index (χ1) is 13.0. The van der Waals surface area contributed by atoms with E-state index in [1.54, 1.807) is 20.2 Å². The predicted octanol–water partition coefficient (Wildman–Crippen LogP) is 1.53. The Hall–Kier alpha value is -2.35. The zero-order valence-electron chi connectivity index (χ0n) is 16.3. The van der Waals surface area contributed by atoms with Gasteiger partial charge in [0.05, 0.1) is 26.3 Å². The smallest absolute Gasteiger partial charge is 0.241 e. The van der Waals surface area contributed by atoms with Crippen LogP contribution in [0.5, 0.6) is 5.75 Å². The topological polar surface area (TPSA) is 75.2 Å². The first kappa shape index (κ1) is 21.0. The Kier molecular flexibility index (Phi) is 8.32. The van der Waals surface area contributed by atoms with E-state index in [-0.39, 0.29) is 30.9 Å². The first-order valence-electron chi connectivity index (χ1n) is 9.15. The molecule has 0 aliphatic carbocycles. The summed E-state index contributed by atoms with van der Waals surface area (Å²) in [5, 5.41) is 6.24. The minimum absolute atomic E-state index is 0.0640. The maximum atomic E-state index is 13.6. The van der Waals surface area contributed by atoms with Crippen LogP contribution in [0.3, 0.4) is 0 Å². The van der Waals surface area contributed by atoms with Gasteiger partial charge in [-0.05, 0) is 37.0 Å². The highest BCUT2D eigenvalue weighted by Gasteiger charge is 2.14. The van der Waals surface area contributed by atoms with Crippen molar-refractivity contribution in [2.24, 2.45) is 4.99 Å². The largest absolute Gasteiger partial charge is 0.497 e. The summed E-state index contributed by atoms with van der Waals surface area (Å²) < 4.78 is 24.4. The Labute approximate surface area is 159 Å². The van der Waals surface area contributed by atoms with Crippen molar-refractivity contribution in [2.75, 3.05) is 40.9 Å². The molecule has 1 unspecified atom stereocenters. The first-order valence-corrected chi connectivity index (χ1v) is 9.15. The number of likely N-dealkylation sites (N-methyl/N-ethyl adjacent to an activating group) is 1. The summed E-state index contributed by atoms with van der Waals surface area (Å²) in [4.78, 5) is 17.8. The molecule has 0 radical (unpaired) electrons. The third kappa shape index (κ3) is 7.42. The maximum Gasteiger partial charge on any atom is 0.241 e. The quantitative estimate of drug-likeness (QED) is 0.554. The summed E-state index contributed by atoms with van der Waals surface area (Å²) in [5.74, 6) is 0.495. The van der Waals surface area contributed by atoms with Gasteiger partial charge in [-0.1, -0.05) is 0 Å². The molecule has 1 amide bonds. The molecule has 1 aromatic carbocycles. The van der Waals surface area contributed by atoms with Crippen molar-refractivity contribution in [1.29, 1.82) is 0 Å². The second-order valence-electron chi connectivity index (χ2n) is 6.68. The minimum atomic E-state index is -0.375. The van der Waals surface area contributed by atoms with Crippen molar-refractivity contribution < 1.29 is 18.7 Å². The number of nitrogens with one attached hydrogen (secondary N) is 2. The van der Waals surface area contributed by atoms with E-state index in [0.717, 1.165) is 25.9 Å². The molecule has 8 heteroatoms. The van der Waals surface area contributed by atoms with Gasteiger partial charge in [0.2, 0.25) is 5.91 Å². The molecule has 1 fully saturated rings. The Morgan fingerprint density at radius 1 is 1.33 bits per heavy atom. The summed E-state index contributed by atoms with van der Waals surface area (Å²) >= 11 is 0. The average Bonchev–Trinajstić information content (AvgIpc) is 2.67. The fourth-order valence-corrected chi connectivity index (χ4v) is 2.67. The lowest BCUT2D eigenvalue weighted by Gasteiger charge is -2.24. The average molecular weight is 380 g/mol. The second kappa shape index (κ2) is 10.7. The Balaban J connectivity index is 2.01. The second-order valence-corrected chi connectivity index (χ2v) is 6.68. The summed E-state index contributed by atoms with van der Waals surface area (Å²) in [6.45, 7) is 1.75. The van der Waals surface area contributed by atoms with E-state index in [9.17, 15) is 9.18 Å². The zero-order chi connectivity index (χ0) is 19.6. The molecule has 1 aliphatic heterocycles. The molecule has 1 aliphatic rings. The molecule has 2 N–H and O–H groups in total. The molecule has 2 rings (SSSR count). The standard InChI is InChI=1S/C19H29FN4O3/c1-24(2)18(25)13-23-19(22-12-16-6-4-5-7-27-16)21-11-14-8-15(20)10-17(9-14)26-3/h8-10,16H,4-7,11-13H2,1-3H3,(H2,21,22,23). The monoisotopic (exact) mass is 380 g/mol. The molecule has 0 saturated carbocycles. The molecule has 1 aromatic rings. The number of aliphatic imine (C=N–C) groups is 1. The van der Waals surface area contributed by atoms with Gasteiger partial charge in [-0.3, -0.25) is 4.79 Å². The summed E-state index contributed by atoms with van der Waals surface area (Å²) in [6, 6.07) is 4.47. The van der Waals surface area contributed by atoms with Crippen molar-refractivity contribution in [3.8, 4) is 5.75 Å². The van der Waals surface area contributed by atoms with E-state index in [1.807, 2.05) is 0 Å². The van der Waals surface area contributed by atoms with E-state index in [2.05, 4.69) is 15.6 Å². The number of guanidine groups is 1. The van der Waals surface area contributed by atoms with Crippen LogP contribution >= 0.6 is 0 Å². The number of hydrogen-bond donors (Lipinski definition) is 2. The molecule has 0 bridgehead atoms. The highest BCUT2D eigenvalue weighted by atomic mass is 19.1. The Bertz CT molecular complexity index is 646. The van der Waals surface area contributed by atoms with E-state index in [1.165, 1.54) is 24.1 Å². The summed E-state index contributed by atoms with van der Waals surface area (Å²) in [7, 11) is 4.89. The highest BCUT2D eigenvalue weighted by molar-refractivity contribution is 5.86. The SMILES string of the molecule is COc1cc(F)cc(CN=C(NCC(=O)N(C)C)NCC2CCCCO2)c1. The van der Waals surface area contributed by atoms with Crippen LogP contribution in [0.25, 0.3) is 0 Å². The molecule has 7 nitrogen and oxygen atoms in total. The third-order valence-electron chi connectivity index (χ3n) is 4.26. The van der Waals surface area contributed by atoms with Gasteiger partial charge < -0.3 is 25.0 Å². The number of nitrogens with zero attached hydrogens (tertiary/aromatic N) is 2. The molecule has 27 heavy (non-hydrogen) atoms. The molecule has 1 saturated heterocycles. The van der Waals surface area contributed by atoms with Gasteiger partial charge in [0, 0.05) is 33.3 Å². The van der Waals surface area contributed by atoms with Crippen molar-refractivity contribution in [3.63, 3.8) is 0 Å². The number of carbonyl (C=O) groups excluding carboxylic acids is 1. The van der Waals surface area contributed by atoms with Gasteiger partial charge in [0.1, 0.15) is 11.6 Å². The van der Waals surface area contributed by atoms with Crippen molar-refractivity contribution in [1.82, 2.24) is 15.5 Å². The number of hydrogen-bond acceptors (Lipinski definition) is 4. The van der Waals surface area contributed by atoms with Crippen LogP contribution in [0, 0.1) is 5.82 Å². The number of amides is 1. The van der Waals surface area contributed by atoms with Gasteiger partial charge in [-0.15, -0.1) is 0 Å². The number of carbonyl (C=O) groups is 1. The lowest BCUT2D eigenvalue weighted by Crippen LogP contribution is -2.45. The van der Waals surface area contributed by atoms with Crippen LogP contribution < -0.4 is 15.4 Å². The molecule has 0 spiro atoms. The van der Waals surface area contributed by atoms with E-state index >= 15 is 0 Å².